The Hall–Kier alpha value is -0.610. The van der Waals surface area contributed by atoms with Crippen molar-refractivity contribution in [3.8, 4) is 0 Å². The van der Waals surface area contributed by atoms with Gasteiger partial charge in [0.2, 0.25) is 0 Å². The number of hydrogen-bond donors (Lipinski definition) is 0. The van der Waals surface area contributed by atoms with Crippen molar-refractivity contribution in [2.75, 3.05) is 13.1 Å². The molecule has 1 rings (SSSR count). The van der Waals surface area contributed by atoms with Crippen molar-refractivity contribution in [1.29, 1.82) is 0 Å². The van der Waals surface area contributed by atoms with E-state index in [0.717, 1.165) is 0 Å². The van der Waals surface area contributed by atoms with Crippen LogP contribution < -0.4 is 0 Å². The van der Waals surface area contributed by atoms with Crippen LogP contribution in [0.4, 0.5) is 4.79 Å². The molecule has 0 bridgehead atoms. The molecular weight excluding hydrogens is 170 g/mol. The topological polar surface area (TPSA) is 46.6 Å². The van der Waals surface area contributed by atoms with Gasteiger partial charge in [-0.15, -0.1) is 5.06 Å². The molecule has 1 fully saturated rings. The molecule has 0 saturated carbocycles. The van der Waals surface area contributed by atoms with Gasteiger partial charge < -0.3 is 4.84 Å². The maximum absolute atomic E-state index is 10.7. The molecule has 0 radical (unpaired) electrons. The predicted molar refractivity (Wildman–Crippen MR) is 38.1 cm³/mol. The number of hydrogen-bond acceptors (Lipinski definition) is 4. The van der Waals surface area contributed by atoms with Crippen molar-refractivity contribution in [2.24, 2.45) is 0 Å². The minimum Gasteiger partial charge on any atom is -0.355 e. The first kappa shape index (κ1) is 8.49. The van der Waals surface area contributed by atoms with Gasteiger partial charge in [-0.1, -0.05) is 0 Å². The van der Waals surface area contributed by atoms with Crippen molar-refractivity contribution >= 4 is 22.8 Å². The standard InChI is InChI=1S/C6H8ClNO3/c7-6(10)11-8-3-1-5(9)2-4-8/h1-4H2. The van der Waals surface area contributed by atoms with Gasteiger partial charge in [-0.3, -0.25) is 4.79 Å². The van der Waals surface area contributed by atoms with E-state index in [2.05, 4.69) is 4.84 Å². The Balaban J connectivity index is 2.28. The zero-order valence-electron chi connectivity index (χ0n) is 5.88. The fourth-order valence-corrected chi connectivity index (χ4v) is 1.03. The van der Waals surface area contributed by atoms with Gasteiger partial charge in [-0.2, -0.15) is 0 Å². The zero-order chi connectivity index (χ0) is 8.27. The van der Waals surface area contributed by atoms with E-state index in [1.165, 1.54) is 5.06 Å². The molecule has 0 aromatic rings. The Morgan fingerprint density at radius 1 is 1.45 bits per heavy atom. The molecule has 11 heavy (non-hydrogen) atoms. The maximum Gasteiger partial charge on any atom is 0.422 e. The van der Waals surface area contributed by atoms with Gasteiger partial charge in [0, 0.05) is 37.5 Å². The smallest absolute Gasteiger partial charge is 0.355 e. The van der Waals surface area contributed by atoms with Crippen molar-refractivity contribution < 1.29 is 14.4 Å². The third kappa shape index (κ3) is 2.86. The number of piperidine rings is 1. The summed E-state index contributed by atoms with van der Waals surface area (Å²) in [5, 5.41) is 1.40. The summed E-state index contributed by atoms with van der Waals surface area (Å²) in [6.07, 6.45) is 0.869. The van der Waals surface area contributed by atoms with Gasteiger partial charge in [0.05, 0.1) is 0 Å². The first-order valence-electron chi connectivity index (χ1n) is 3.32. The molecule has 1 heterocycles. The van der Waals surface area contributed by atoms with Gasteiger partial charge in [0.15, 0.2) is 0 Å². The highest BCUT2D eigenvalue weighted by atomic mass is 35.5. The predicted octanol–water partition coefficient (Wildman–Crippen LogP) is 0.942. The molecule has 0 spiro atoms. The fraction of sp³-hybridized carbons (Fsp3) is 0.667. The van der Waals surface area contributed by atoms with E-state index in [1.54, 1.807) is 0 Å². The number of nitrogens with zero attached hydrogens (tertiary/aromatic N) is 1. The third-order valence-electron chi connectivity index (χ3n) is 1.48. The number of rotatable bonds is 1. The first-order chi connectivity index (χ1) is 5.18. The average Bonchev–Trinajstić information content (AvgIpc) is 1.93. The van der Waals surface area contributed by atoms with E-state index in [9.17, 15) is 9.59 Å². The second kappa shape index (κ2) is 3.69. The lowest BCUT2D eigenvalue weighted by Gasteiger charge is -2.22. The summed E-state index contributed by atoms with van der Waals surface area (Å²) in [4.78, 5) is 25.5. The Morgan fingerprint density at radius 3 is 2.45 bits per heavy atom. The van der Waals surface area contributed by atoms with E-state index in [0.29, 0.717) is 25.9 Å². The van der Waals surface area contributed by atoms with Crippen LogP contribution >= 0.6 is 11.6 Å². The molecule has 0 aromatic carbocycles. The second-order valence-electron chi connectivity index (χ2n) is 2.30. The molecular formula is C6H8ClNO3. The van der Waals surface area contributed by atoms with Crippen molar-refractivity contribution in [3.05, 3.63) is 0 Å². The quantitative estimate of drug-likeness (QED) is 0.560. The van der Waals surface area contributed by atoms with Crippen LogP contribution in [0.25, 0.3) is 0 Å². The molecule has 1 aliphatic heterocycles. The molecule has 62 valence electrons. The third-order valence-corrected chi connectivity index (χ3v) is 1.55. The second-order valence-corrected chi connectivity index (χ2v) is 2.61. The van der Waals surface area contributed by atoms with Gasteiger partial charge >= 0.3 is 5.43 Å². The van der Waals surface area contributed by atoms with Crippen LogP contribution in [-0.2, 0) is 9.63 Å². The number of carbonyl (C=O) groups excluding carboxylic acids is 2. The maximum atomic E-state index is 10.7. The average molecular weight is 178 g/mol. The lowest BCUT2D eigenvalue weighted by Crippen LogP contribution is -2.34. The fourth-order valence-electron chi connectivity index (χ4n) is 0.928. The van der Waals surface area contributed by atoms with Crippen LogP contribution in [0.5, 0.6) is 0 Å². The normalized spacial score (nSPS) is 19.9. The molecule has 1 aliphatic rings. The van der Waals surface area contributed by atoms with Crippen molar-refractivity contribution in [3.63, 3.8) is 0 Å². The van der Waals surface area contributed by atoms with E-state index >= 15 is 0 Å². The van der Waals surface area contributed by atoms with Crippen LogP contribution in [0.3, 0.4) is 0 Å². The lowest BCUT2D eigenvalue weighted by molar-refractivity contribution is -0.136. The monoisotopic (exact) mass is 177 g/mol. The van der Waals surface area contributed by atoms with Gasteiger partial charge in [0.1, 0.15) is 5.78 Å². The van der Waals surface area contributed by atoms with E-state index in [4.69, 9.17) is 11.6 Å². The minimum atomic E-state index is -0.848. The van der Waals surface area contributed by atoms with E-state index in [1.807, 2.05) is 0 Å². The highest BCUT2D eigenvalue weighted by Gasteiger charge is 2.18. The number of Topliss-reactive ketones (excluding diaryl/α,β-unsaturated/α-hetero) is 1. The molecule has 1 saturated heterocycles. The Kier molecular flexibility index (Phi) is 2.84. The first-order valence-corrected chi connectivity index (χ1v) is 3.70. The molecule has 5 heteroatoms. The lowest BCUT2D eigenvalue weighted by atomic mass is 10.1. The molecule has 0 N–H and O–H groups in total. The van der Waals surface area contributed by atoms with Crippen LogP contribution in [0.15, 0.2) is 0 Å². The number of carbonyl (C=O) groups is 2. The summed E-state index contributed by atoms with van der Waals surface area (Å²) in [5.41, 5.74) is -0.848. The Bertz CT molecular complexity index is 173. The van der Waals surface area contributed by atoms with Gasteiger partial charge in [0.25, 0.3) is 0 Å². The van der Waals surface area contributed by atoms with E-state index < -0.39 is 5.43 Å². The van der Waals surface area contributed by atoms with Crippen LogP contribution in [0.2, 0.25) is 0 Å². The van der Waals surface area contributed by atoms with Crippen molar-refractivity contribution in [2.45, 2.75) is 12.8 Å². The summed E-state index contributed by atoms with van der Waals surface area (Å²) < 4.78 is 0. The zero-order valence-corrected chi connectivity index (χ0v) is 6.63. The van der Waals surface area contributed by atoms with Crippen LogP contribution in [0.1, 0.15) is 12.8 Å². The summed E-state index contributed by atoms with van der Waals surface area (Å²) in [5.74, 6) is 0.201. The molecule has 0 unspecified atom stereocenters. The number of halogens is 1. The van der Waals surface area contributed by atoms with E-state index in [-0.39, 0.29) is 5.78 Å². The Labute approximate surface area is 69.0 Å². The molecule has 0 amide bonds. The highest BCUT2D eigenvalue weighted by Crippen LogP contribution is 2.06. The SMILES string of the molecule is O=C1CCN(OC(=O)Cl)CC1. The molecule has 4 nitrogen and oxygen atoms in total. The number of hydroxylamine groups is 2. The summed E-state index contributed by atoms with van der Waals surface area (Å²) in [7, 11) is 0. The van der Waals surface area contributed by atoms with Crippen LogP contribution in [-0.4, -0.2) is 29.4 Å². The summed E-state index contributed by atoms with van der Waals surface area (Å²) in [6.45, 7) is 0.911. The van der Waals surface area contributed by atoms with Crippen molar-refractivity contribution in [1.82, 2.24) is 5.06 Å². The van der Waals surface area contributed by atoms with Crippen LogP contribution in [0, 0.1) is 0 Å². The van der Waals surface area contributed by atoms with Gasteiger partial charge in [-0.25, -0.2) is 4.79 Å². The largest absolute Gasteiger partial charge is 0.422 e. The molecule has 0 aromatic heterocycles. The molecule has 0 aliphatic carbocycles. The summed E-state index contributed by atoms with van der Waals surface area (Å²) >= 11 is 4.96. The van der Waals surface area contributed by atoms with Gasteiger partial charge in [-0.05, 0) is 0 Å². The summed E-state index contributed by atoms with van der Waals surface area (Å²) in [6, 6.07) is 0. The molecule has 0 atom stereocenters. The minimum absolute atomic E-state index is 0.201. The number of ketones is 1. The highest BCUT2D eigenvalue weighted by molar-refractivity contribution is 6.61. The Morgan fingerprint density at radius 2 is 2.00 bits per heavy atom.